The molecule has 1 aliphatic rings. The van der Waals surface area contributed by atoms with Crippen molar-refractivity contribution in [2.75, 3.05) is 5.32 Å². The molecular formula is C23H24BN7O3. The van der Waals surface area contributed by atoms with Crippen LogP contribution < -0.4 is 16.5 Å². The smallest absolute Gasteiger partial charge is 0.423 e. The largest absolute Gasteiger partial charge is 0.488 e. The van der Waals surface area contributed by atoms with Crippen molar-refractivity contribution in [1.29, 1.82) is 0 Å². The van der Waals surface area contributed by atoms with E-state index in [1.165, 1.54) is 4.68 Å². The first-order valence-electron chi connectivity index (χ1n) is 11.2. The normalized spacial score (nSPS) is 13.4. The first kappa shape index (κ1) is 22.0. The fourth-order valence-corrected chi connectivity index (χ4v) is 4.34. The van der Waals surface area contributed by atoms with Crippen molar-refractivity contribution in [2.45, 2.75) is 38.6 Å². The highest BCUT2D eigenvalue weighted by Crippen LogP contribution is 2.27. The Kier molecular flexibility index (Phi) is 5.95. The van der Waals surface area contributed by atoms with Gasteiger partial charge in [0.2, 0.25) is 0 Å². The Morgan fingerprint density at radius 3 is 2.74 bits per heavy atom. The fraction of sp³-hybridized carbons (Fsp3) is 0.261. The highest BCUT2D eigenvalue weighted by atomic mass is 16.4. The van der Waals surface area contributed by atoms with Gasteiger partial charge in [-0.05, 0) is 48.8 Å². The van der Waals surface area contributed by atoms with Crippen LogP contribution in [0.15, 0.2) is 42.5 Å². The molecule has 2 heterocycles. The molecule has 5 rings (SSSR count). The molecule has 2 aromatic carbocycles. The number of aromatic nitrogens is 5. The number of aryl methyl sites for hydroxylation is 1. The number of nitrogens with two attached hydrogens (primary N) is 1. The molecular weight excluding hydrogens is 433 g/mol. The lowest BCUT2D eigenvalue weighted by molar-refractivity contribution is 0.100. The van der Waals surface area contributed by atoms with E-state index in [1.807, 2.05) is 6.07 Å². The van der Waals surface area contributed by atoms with Gasteiger partial charge in [-0.2, -0.15) is 9.67 Å². The van der Waals surface area contributed by atoms with Gasteiger partial charge in [0.15, 0.2) is 0 Å². The Balaban J connectivity index is 1.55. The van der Waals surface area contributed by atoms with Crippen LogP contribution in [0.2, 0.25) is 0 Å². The molecule has 0 atom stereocenters. The van der Waals surface area contributed by atoms with E-state index in [-0.39, 0.29) is 0 Å². The number of primary amides is 1. The molecule has 0 aliphatic heterocycles. The van der Waals surface area contributed by atoms with Crippen LogP contribution in [0.4, 0.5) is 5.82 Å². The number of anilines is 1. The third-order valence-electron chi connectivity index (χ3n) is 6.06. The van der Waals surface area contributed by atoms with Crippen LogP contribution in [0.25, 0.3) is 17.0 Å². The van der Waals surface area contributed by atoms with Gasteiger partial charge < -0.3 is 21.1 Å². The van der Waals surface area contributed by atoms with E-state index < -0.39 is 13.0 Å². The van der Waals surface area contributed by atoms with Gasteiger partial charge in [0, 0.05) is 12.1 Å². The number of carbonyl (C=O) groups is 1. The summed E-state index contributed by atoms with van der Waals surface area (Å²) in [6, 6.07) is 12.3. The highest BCUT2D eigenvalue weighted by Gasteiger charge is 2.21. The third-order valence-corrected chi connectivity index (χ3v) is 6.06. The monoisotopic (exact) mass is 457 g/mol. The summed E-state index contributed by atoms with van der Waals surface area (Å²) in [4.78, 5) is 21.4. The summed E-state index contributed by atoms with van der Waals surface area (Å²) in [5.41, 5.74) is 10.2. The van der Waals surface area contributed by atoms with Gasteiger partial charge in [0.25, 0.3) is 11.9 Å². The Bertz CT molecular complexity index is 1370. The minimum atomic E-state index is -1.52. The number of benzene rings is 2. The SMILES string of the molecule is NC(=O)c1cccc2c1nnn2-c1nc2c(c(NCc3cccc(B(O)O)c3)n1)CCCCC2. The molecule has 0 saturated heterocycles. The van der Waals surface area contributed by atoms with E-state index in [1.54, 1.807) is 36.4 Å². The molecule has 0 radical (unpaired) electrons. The first-order chi connectivity index (χ1) is 16.5. The van der Waals surface area contributed by atoms with Crippen molar-refractivity contribution < 1.29 is 14.8 Å². The second-order valence-electron chi connectivity index (χ2n) is 8.37. The molecule has 0 unspecified atom stereocenters. The Labute approximate surface area is 196 Å². The Hall–Kier alpha value is -3.83. The van der Waals surface area contributed by atoms with Crippen molar-refractivity contribution in [3.63, 3.8) is 0 Å². The third kappa shape index (κ3) is 4.23. The van der Waals surface area contributed by atoms with Crippen LogP contribution in [-0.2, 0) is 19.4 Å². The lowest BCUT2D eigenvalue weighted by atomic mass is 9.79. The standard InChI is InChI=1S/C23H24BN7O3/c25-21(32)17-9-5-11-19-20(17)29-30-31(19)23-27-18-10-3-1-2-8-16(18)22(28-23)26-13-14-6-4-7-15(12-14)24(33)34/h4-7,9,11-12,33-34H,1-3,8,10,13H2,(H2,25,32)(H,26,27,28). The van der Waals surface area contributed by atoms with E-state index in [4.69, 9.17) is 15.7 Å². The number of rotatable bonds is 6. The highest BCUT2D eigenvalue weighted by molar-refractivity contribution is 6.58. The molecule has 0 saturated carbocycles. The maximum absolute atomic E-state index is 11.8. The summed E-state index contributed by atoms with van der Waals surface area (Å²) >= 11 is 0. The molecule has 34 heavy (non-hydrogen) atoms. The summed E-state index contributed by atoms with van der Waals surface area (Å²) in [5.74, 6) is 0.511. The number of hydrogen-bond donors (Lipinski definition) is 4. The molecule has 172 valence electrons. The molecule has 4 aromatic rings. The molecule has 1 aliphatic carbocycles. The van der Waals surface area contributed by atoms with E-state index >= 15 is 0 Å². The summed E-state index contributed by atoms with van der Waals surface area (Å²) in [5, 5.41) is 30.7. The van der Waals surface area contributed by atoms with Crippen LogP contribution in [0.1, 0.15) is 46.4 Å². The van der Waals surface area contributed by atoms with Crippen LogP contribution >= 0.6 is 0 Å². The minimum Gasteiger partial charge on any atom is -0.423 e. The summed E-state index contributed by atoms with van der Waals surface area (Å²) < 4.78 is 1.53. The molecule has 0 spiro atoms. The molecule has 0 bridgehead atoms. The van der Waals surface area contributed by atoms with Crippen LogP contribution in [0.3, 0.4) is 0 Å². The first-order valence-corrected chi connectivity index (χ1v) is 11.2. The van der Waals surface area contributed by atoms with E-state index in [9.17, 15) is 14.8 Å². The predicted octanol–water partition coefficient (Wildman–Crippen LogP) is 0.870. The quantitative estimate of drug-likeness (QED) is 0.246. The van der Waals surface area contributed by atoms with E-state index in [0.29, 0.717) is 40.4 Å². The van der Waals surface area contributed by atoms with Crippen molar-refractivity contribution in [1.82, 2.24) is 25.0 Å². The van der Waals surface area contributed by atoms with Gasteiger partial charge in [-0.15, -0.1) is 5.10 Å². The summed E-state index contributed by atoms with van der Waals surface area (Å²) in [7, 11) is -1.52. The molecule has 1 amide bonds. The molecule has 11 heteroatoms. The van der Waals surface area contributed by atoms with Gasteiger partial charge in [-0.25, -0.2) is 4.98 Å². The Morgan fingerprint density at radius 2 is 1.91 bits per heavy atom. The molecule has 2 aromatic heterocycles. The zero-order valence-electron chi connectivity index (χ0n) is 18.5. The lowest BCUT2D eigenvalue weighted by Crippen LogP contribution is -2.30. The average molecular weight is 457 g/mol. The number of nitrogens with one attached hydrogen (secondary N) is 1. The fourth-order valence-electron chi connectivity index (χ4n) is 4.34. The van der Waals surface area contributed by atoms with Gasteiger partial charge in [-0.1, -0.05) is 42.0 Å². The van der Waals surface area contributed by atoms with E-state index in [0.717, 1.165) is 48.9 Å². The van der Waals surface area contributed by atoms with Crippen LogP contribution in [-0.4, -0.2) is 48.0 Å². The van der Waals surface area contributed by atoms with Crippen LogP contribution in [0.5, 0.6) is 0 Å². The van der Waals surface area contributed by atoms with Crippen molar-refractivity contribution >= 4 is 35.3 Å². The number of amides is 1. The predicted molar refractivity (Wildman–Crippen MR) is 128 cm³/mol. The average Bonchev–Trinajstić information content (AvgIpc) is 3.13. The number of hydrogen-bond acceptors (Lipinski definition) is 8. The van der Waals surface area contributed by atoms with Crippen molar-refractivity contribution in [3.8, 4) is 5.95 Å². The Morgan fingerprint density at radius 1 is 1.09 bits per heavy atom. The molecule has 0 fully saturated rings. The van der Waals surface area contributed by atoms with Crippen LogP contribution in [0, 0.1) is 0 Å². The van der Waals surface area contributed by atoms with E-state index in [2.05, 4.69) is 15.6 Å². The van der Waals surface area contributed by atoms with Gasteiger partial charge in [-0.3, -0.25) is 4.79 Å². The maximum atomic E-state index is 11.8. The molecule has 5 N–H and O–H groups in total. The summed E-state index contributed by atoms with van der Waals surface area (Å²) in [6.07, 6.45) is 4.94. The molecule has 10 nitrogen and oxygen atoms in total. The lowest BCUT2D eigenvalue weighted by Gasteiger charge is -2.15. The zero-order valence-corrected chi connectivity index (χ0v) is 18.5. The van der Waals surface area contributed by atoms with Gasteiger partial charge in [0.1, 0.15) is 11.3 Å². The second kappa shape index (κ2) is 9.20. The topological polar surface area (TPSA) is 152 Å². The second-order valence-corrected chi connectivity index (χ2v) is 8.37. The van der Waals surface area contributed by atoms with Crippen molar-refractivity contribution in [2.24, 2.45) is 5.73 Å². The van der Waals surface area contributed by atoms with Gasteiger partial charge in [0.05, 0.1) is 16.8 Å². The maximum Gasteiger partial charge on any atom is 0.488 e. The van der Waals surface area contributed by atoms with Crippen molar-refractivity contribution in [3.05, 3.63) is 64.8 Å². The van der Waals surface area contributed by atoms with Gasteiger partial charge >= 0.3 is 7.12 Å². The zero-order chi connectivity index (χ0) is 23.7. The number of nitrogens with zero attached hydrogens (tertiary/aromatic N) is 5. The number of carbonyl (C=O) groups excluding carboxylic acids is 1. The minimum absolute atomic E-state index is 0.294. The number of fused-ring (bicyclic) bond motifs is 2. The summed E-state index contributed by atoms with van der Waals surface area (Å²) in [6.45, 7) is 0.452.